The number of nitrogens with one attached hydrogen (secondary N) is 1. The average Bonchev–Trinajstić information content (AvgIpc) is 3.15. The predicted molar refractivity (Wildman–Crippen MR) is 106 cm³/mol. The summed E-state index contributed by atoms with van der Waals surface area (Å²) in [6.07, 6.45) is 1.77. The van der Waals surface area contributed by atoms with Crippen molar-refractivity contribution in [3.05, 3.63) is 63.1 Å². The third kappa shape index (κ3) is 4.96. The molecule has 0 atom stereocenters. The zero-order valence-corrected chi connectivity index (χ0v) is 16.1. The number of nitrogens with zero attached hydrogens (tertiary/aromatic N) is 3. The van der Waals surface area contributed by atoms with E-state index in [0.717, 1.165) is 40.4 Å². The minimum Gasteiger partial charge on any atom is -0.488 e. The van der Waals surface area contributed by atoms with Gasteiger partial charge in [0.05, 0.1) is 12.8 Å². The molecule has 0 saturated heterocycles. The van der Waals surface area contributed by atoms with Crippen LogP contribution in [0.25, 0.3) is 0 Å². The van der Waals surface area contributed by atoms with Gasteiger partial charge in [0.25, 0.3) is 0 Å². The summed E-state index contributed by atoms with van der Waals surface area (Å²) in [4.78, 5) is 4.34. The van der Waals surface area contributed by atoms with E-state index in [1.54, 1.807) is 11.2 Å². The molecule has 0 spiro atoms. The van der Waals surface area contributed by atoms with Gasteiger partial charge < -0.3 is 10.1 Å². The molecule has 0 fully saturated rings. The van der Waals surface area contributed by atoms with Gasteiger partial charge in [0.1, 0.15) is 12.4 Å². The number of rotatable bonds is 5. The highest BCUT2D eigenvalue weighted by Gasteiger charge is 2.09. The van der Waals surface area contributed by atoms with Crippen molar-refractivity contribution in [3.8, 4) is 5.75 Å². The first-order valence-corrected chi connectivity index (χ1v) is 9.02. The fraction of sp³-hybridized carbons (Fsp3) is 0.222. The smallest absolute Gasteiger partial charge is 0.214 e. The Kier molecular flexibility index (Phi) is 5.94. The molecule has 1 heterocycles. The minimum absolute atomic E-state index is 0.462. The molecule has 2 aromatic carbocycles. The molecule has 0 aliphatic carbocycles. The van der Waals surface area contributed by atoms with Crippen molar-refractivity contribution in [2.24, 2.45) is 10.1 Å². The van der Waals surface area contributed by atoms with E-state index in [1.807, 2.05) is 49.5 Å². The second kappa shape index (κ2) is 8.36. The first kappa shape index (κ1) is 17.8. The van der Waals surface area contributed by atoms with Gasteiger partial charge in [-0.25, -0.2) is 10.0 Å². The van der Waals surface area contributed by atoms with Gasteiger partial charge in [-0.15, -0.1) is 0 Å². The van der Waals surface area contributed by atoms with E-state index in [0.29, 0.717) is 11.6 Å². The lowest BCUT2D eigenvalue weighted by molar-refractivity contribution is 0.305. The van der Waals surface area contributed by atoms with Crippen LogP contribution in [0.3, 0.4) is 0 Å². The maximum Gasteiger partial charge on any atom is 0.214 e. The normalized spacial score (nSPS) is 13.6. The number of guanidine groups is 1. The Morgan fingerprint density at radius 2 is 2.12 bits per heavy atom. The summed E-state index contributed by atoms with van der Waals surface area (Å²) < 4.78 is 6.92. The Morgan fingerprint density at radius 3 is 2.84 bits per heavy atom. The molecule has 1 aliphatic rings. The fourth-order valence-corrected chi connectivity index (χ4v) is 2.80. The van der Waals surface area contributed by atoms with Crippen molar-refractivity contribution < 1.29 is 4.74 Å². The van der Waals surface area contributed by atoms with Crippen LogP contribution >= 0.6 is 27.5 Å². The third-order valence-electron chi connectivity index (χ3n) is 3.61. The Balaban J connectivity index is 1.72. The summed E-state index contributed by atoms with van der Waals surface area (Å²) >= 11 is 9.41. The van der Waals surface area contributed by atoms with Crippen molar-refractivity contribution >= 4 is 39.7 Å². The van der Waals surface area contributed by atoms with Gasteiger partial charge in [-0.1, -0.05) is 39.7 Å². The van der Waals surface area contributed by atoms with Gasteiger partial charge in [0.2, 0.25) is 5.96 Å². The zero-order chi connectivity index (χ0) is 17.6. The summed E-state index contributed by atoms with van der Waals surface area (Å²) in [5.74, 6) is 1.53. The van der Waals surface area contributed by atoms with Crippen LogP contribution in [0.1, 0.15) is 11.1 Å². The molecular weight excluding hydrogens is 404 g/mol. The number of hydrazone groups is 1. The van der Waals surface area contributed by atoms with Crippen LogP contribution in [0.5, 0.6) is 5.75 Å². The number of hydrogen-bond donors (Lipinski definition) is 1. The van der Waals surface area contributed by atoms with E-state index in [9.17, 15) is 0 Å². The van der Waals surface area contributed by atoms with Crippen LogP contribution in [-0.2, 0) is 6.61 Å². The van der Waals surface area contributed by atoms with E-state index in [4.69, 9.17) is 16.3 Å². The monoisotopic (exact) mass is 420 g/mol. The largest absolute Gasteiger partial charge is 0.488 e. The molecule has 0 saturated carbocycles. The van der Waals surface area contributed by atoms with Crippen LogP contribution in [0, 0.1) is 0 Å². The Bertz CT molecular complexity index is 792. The molecule has 1 N–H and O–H groups in total. The highest BCUT2D eigenvalue weighted by Crippen LogP contribution is 2.23. The molecule has 0 amide bonds. The van der Waals surface area contributed by atoms with Crippen LogP contribution in [-0.4, -0.2) is 37.3 Å². The second-order valence-corrected chi connectivity index (χ2v) is 6.85. The van der Waals surface area contributed by atoms with E-state index in [-0.39, 0.29) is 0 Å². The van der Waals surface area contributed by atoms with Gasteiger partial charge in [-0.05, 0) is 35.9 Å². The summed E-state index contributed by atoms with van der Waals surface area (Å²) in [5.41, 5.74) is 1.94. The van der Waals surface area contributed by atoms with Crippen molar-refractivity contribution in [1.82, 2.24) is 10.3 Å². The molecule has 1 aliphatic heterocycles. The summed E-state index contributed by atoms with van der Waals surface area (Å²) in [7, 11) is 1.86. The van der Waals surface area contributed by atoms with Gasteiger partial charge in [0, 0.05) is 28.7 Å². The molecule has 0 unspecified atom stereocenters. The standard InChI is InChI=1S/C18H18BrClN4O/c1-24(18-21-8-9-22-18)23-11-14-10-15(19)4-7-17(14)25-12-13-2-5-16(20)6-3-13/h2-7,10-11H,8-9,12H2,1H3,(H,21,22)/b23-11+. The highest BCUT2D eigenvalue weighted by molar-refractivity contribution is 9.10. The SMILES string of the molecule is CN(/N=C/c1cc(Br)ccc1OCc1ccc(Cl)cc1)C1=NCCN1. The number of ether oxygens (including phenoxy) is 1. The highest BCUT2D eigenvalue weighted by atomic mass is 79.9. The second-order valence-electron chi connectivity index (χ2n) is 5.50. The van der Waals surface area contributed by atoms with Crippen LogP contribution in [0.15, 0.2) is 57.0 Å². The zero-order valence-electron chi connectivity index (χ0n) is 13.7. The molecule has 5 nitrogen and oxygen atoms in total. The molecule has 0 radical (unpaired) electrons. The van der Waals surface area contributed by atoms with Gasteiger partial charge >= 0.3 is 0 Å². The maximum absolute atomic E-state index is 5.96. The molecule has 130 valence electrons. The van der Waals surface area contributed by atoms with Crippen molar-refractivity contribution in [3.63, 3.8) is 0 Å². The summed E-state index contributed by atoms with van der Waals surface area (Å²) in [6.45, 7) is 2.09. The lowest BCUT2D eigenvalue weighted by Gasteiger charge is -2.13. The van der Waals surface area contributed by atoms with Crippen LogP contribution in [0.4, 0.5) is 0 Å². The van der Waals surface area contributed by atoms with Crippen molar-refractivity contribution in [2.75, 3.05) is 20.1 Å². The van der Waals surface area contributed by atoms with Crippen LogP contribution in [0.2, 0.25) is 5.02 Å². The van der Waals surface area contributed by atoms with Crippen LogP contribution < -0.4 is 10.1 Å². The van der Waals surface area contributed by atoms with E-state index >= 15 is 0 Å². The third-order valence-corrected chi connectivity index (χ3v) is 4.36. The van der Waals surface area contributed by atoms with E-state index in [2.05, 4.69) is 31.3 Å². The average molecular weight is 422 g/mol. The first-order chi connectivity index (χ1) is 12.1. The van der Waals surface area contributed by atoms with Gasteiger partial charge in [-0.3, -0.25) is 0 Å². The lowest BCUT2D eigenvalue weighted by atomic mass is 10.2. The van der Waals surface area contributed by atoms with E-state index in [1.165, 1.54) is 0 Å². The molecule has 2 aromatic rings. The molecule has 0 aromatic heterocycles. The number of benzene rings is 2. The summed E-state index contributed by atoms with van der Waals surface area (Å²) in [5, 5.41) is 10.1. The Morgan fingerprint density at radius 1 is 1.32 bits per heavy atom. The maximum atomic E-state index is 5.96. The molecule has 3 rings (SSSR count). The quantitative estimate of drug-likeness (QED) is 0.588. The Hall–Kier alpha value is -2.05. The number of halogens is 2. The lowest BCUT2D eigenvalue weighted by Crippen LogP contribution is -2.32. The minimum atomic E-state index is 0.462. The molecule has 25 heavy (non-hydrogen) atoms. The number of aliphatic imine (C=N–C) groups is 1. The Labute approximate surface area is 160 Å². The molecular formula is C18H18BrClN4O. The van der Waals surface area contributed by atoms with Crippen molar-refractivity contribution in [1.29, 1.82) is 0 Å². The van der Waals surface area contributed by atoms with E-state index < -0.39 is 0 Å². The summed E-state index contributed by atoms with van der Waals surface area (Å²) in [6, 6.07) is 13.5. The predicted octanol–water partition coefficient (Wildman–Crippen LogP) is 3.91. The first-order valence-electron chi connectivity index (χ1n) is 7.84. The van der Waals surface area contributed by atoms with Crippen molar-refractivity contribution in [2.45, 2.75) is 6.61 Å². The van der Waals surface area contributed by atoms with Gasteiger partial charge in [-0.2, -0.15) is 5.10 Å². The van der Waals surface area contributed by atoms with Gasteiger partial charge in [0.15, 0.2) is 0 Å². The fourth-order valence-electron chi connectivity index (χ4n) is 2.30. The molecule has 0 bridgehead atoms. The number of hydrogen-bond acceptors (Lipinski definition) is 5. The topological polar surface area (TPSA) is 49.2 Å². The molecule has 7 heteroatoms.